The van der Waals surface area contributed by atoms with Crippen molar-refractivity contribution in [1.82, 2.24) is 9.80 Å². The highest BCUT2D eigenvalue weighted by Crippen LogP contribution is 2.46. The first-order valence-corrected chi connectivity index (χ1v) is 12.0. The van der Waals surface area contributed by atoms with Gasteiger partial charge in [0.2, 0.25) is 0 Å². The first kappa shape index (κ1) is 23.1. The number of ether oxygens (including phenoxy) is 1. The van der Waals surface area contributed by atoms with Crippen LogP contribution in [0.5, 0.6) is 5.75 Å². The quantitative estimate of drug-likeness (QED) is 0.556. The highest BCUT2D eigenvalue weighted by atomic mass is 16.5. The Kier molecular flexibility index (Phi) is 6.20. The summed E-state index contributed by atoms with van der Waals surface area (Å²) in [6.07, 6.45) is -0.675. The maximum absolute atomic E-state index is 13.4. The lowest BCUT2D eigenvalue weighted by molar-refractivity contribution is 0.0375. The largest absolute Gasteiger partial charge is 0.492 e. The third-order valence-electron chi connectivity index (χ3n) is 7.12. The van der Waals surface area contributed by atoms with Crippen LogP contribution in [0.2, 0.25) is 0 Å². The number of benzene rings is 2. The zero-order chi connectivity index (χ0) is 23.9. The number of carbonyl (C=O) groups excluding carboxylic acids is 1. The molecule has 0 radical (unpaired) electrons. The van der Waals surface area contributed by atoms with E-state index in [-0.39, 0.29) is 12.4 Å². The van der Waals surface area contributed by atoms with E-state index in [9.17, 15) is 9.90 Å². The molecule has 2 aromatic carbocycles. The summed E-state index contributed by atoms with van der Waals surface area (Å²) < 4.78 is 12.3. The molecule has 5 rings (SSSR count). The Labute approximate surface area is 199 Å². The van der Waals surface area contributed by atoms with E-state index < -0.39 is 11.5 Å². The minimum absolute atomic E-state index is 0.00464. The number of para-hydroxylation sites is 1. The van der Waals surface area contributed by atoms with Crippen molar-refractivity contribution >= 4 is 16.8 Å². The SMILES string of the molecule is CC1(C)c2cc(OCCN3CCN(C[C@H](O)CO)CC3)ccc2C(=O)c2c1oc1ccccc21. The minimum atomic E-state index is -0.675. The lowest BCUT2D eigenvalue weighted by Gasteiger charge is -2.35. The number of fused-ring (bicyclic) bond motifs is 4. The van der Waals surface area contributed by atoms with Crippen LogP contribution in [-0.4, -0.2) is 84.4 Å². The first-order valence-electron chi connectivity index (χ1n) is 12.0. The van der Waals surface area contributed by atoms with Gasteiger partial charge in [0.05, 0.1) is 18.3 Å². The molecule has 0 bridgehead atoms. The van der Waals surface area contributed by atoms with Gasteiger partial charge < -0.3 is 19.4 Å². The summed E-state index contributed by atoms with van der Waals surface area (Å²) in [6.45, 7) is 9.41. The summed E-state index contributed by atoms with van der Waals surface area (Å²) in [6, 6.07) is 13.5. The number of rotatable bonds is 7. The van der Waals surface area contributed by atoms with E-state index in [4.69, 9.17) is 14.3 Å². The fourth-order valence-corrected chi connectivity index (χ4v) is 5.14. The summed E-state index contributed by atoms with van der Waals surface area (Å²) in [5.74, 6) is 1.47. The number of aliphatic hydroxyl groups is 2. The van der Waals surface area contributed by atoms with Crippen LogP contribution in [0.1, 0.15) is 41.1 Å². The molecule has 7 nitrogen and oxygen atoms in total. The number of furan rings is 1. The standard InChI is InChI=1S/C27H32N2O5/c1-27(2)22-15-19(33-14-13-28-9-11-29(12-10-28)16-18(31)17-30)7-8-20(22)25(32)24-21-5-3-4-6-23(21)34-26(24)27/h3-8,15,18,30-31H,9-14,16-17H2,1-2H3/t18-/m0/s1. The molecule has 1 aliphatic carbocycles. The molecule has 3 aromatic rings. The molecule has 1 atom stereocenters. The number of hydrogen-bond donors (Lipinski definition) is 2. The van der Waals surface area contributed by atoms with E-state index in [0.717, 1.165) is 55.0 Å². The summed E-state index contributed by atoms with van der Waals surface area (Å²) in [4.78, 5) is 17.9. The van der Waals surface area contributed by atoms with Crippen LogP contribution in [0, 0.1) is 0 Å². The van der Waals surface area contributed by atoms with Crippen molar-refractivity contribution in [2.45, 2.75) is 25.4 Å². The fraction of sp³-hybridized carbons (Fsp3) is 0.444. The molecule has 34 heavy (non-hydrogen) atoms. The van der Waals surface area contributed by atoms with Gasteiger partial charge in [0.1, 0.15) is 23.7 Å². The number of hydrogen-bond acceptors (Lipinski definition) is 7. The van der Waals surface area contributed by atoms with Gasteiger partial charge in [-0.3, -0.25) is 14.6 Å². The number of ketones is 1. The number of nitrogens with zero attached hydrogens (tertiary/aromatic N) is 2. The molecular weight excluding hydrogens is 432 g/mol. The fourth-order valence-electron chi connectivity index (χ4n) is 5.14. The van der Waals surface area contributed by atoms with Gasteiger partial charge in [-0.2, -0.15) is 0 Å². The predicted molar refractivity (Wildman–Crippen MR) is 130 cm³/mol. The molecule has 0 spiro atoms. The van der Waals surface area contributed by atoms with Gasteiger partial charge >= 0.3 is 0 Å². The summed E-state index contributed by atoms with van der Waals surface area (Å²) in [5.41, 5.74) is 2.60. The highest BCUT2D eigenvalue weighted by molar-refractivity contribution is 6.19. The lowest BCUT2D eigenvalue weighted by atomic mass is 9.72. The molecule has 7 heteroatoms. The third-order valence-corrected chi connectivity index (χ3v) is 7.12. The zero-order valence-electron chi connectivity index (χ0n) is 19.8. The van der Waals surface area contributed by atoms with Gasteiger partial charge in [0, 0.05) is 55.6 Å². The van der Waals surface area contributed by atoms with Crippen LogP contribution < -0.4 is 4.74 Å². The molecule has 1 aliphatic heterocycles. The van der Waals surface area contributed by atoms with Crippen molar-refractivity contribution in [3.05, 3.63) is 64.9 Å². The topological polar surface area (TPSA) is 86.4 Å². The average molecular weight is 465 g/mol. The van der Waals surface area contributed by atoms with Crippen LogP contribution in [0.25, 0.3) is 11.0 Å². The number of aliphatic hydroxyl groups excluding tert-OH is 2. The number of carbonyl (C=O) groups is 1. The van der Waals surface area contributed by atoms with Gasteiger partial charge in [0.15, 0.2) is 5.78 Å². The molecule has 2 N–H and O–H groups in total. The highest BCUT2D eigenvalue weighted by Gasteiger charge is 2.41. The Balaban J connectivity index is 1.25. The van der Waals surface area contributed by atoms with Gasteiger partial charge in [0.25, 0.3) is 0 Å². The molecule has 1 fully saturated rings. The molecular formula is C27H32N2O5. The maximum Gasteiger partial charge on any atom is 0.197 e. The molecule has 0 unspecified atom stereocenters. The molecule has 2 heterocycles. The maximum atomic E-state index is 13.4. The Morgan fingerprint density at radius 3 is 2.59 bits per heavy atom. The van der Waals surface area contributed by atoms with Crippen LogP contribution in [0.4, 0.5) is 0 Å². The van der Waals surface area contributed by atoms with Crippen LogP contribution in [-0.2, 0) is 5.41 Å². The van der Waals surface area contributed by atoms with Crippen molar-refractivity contribution in [2.75, 3.05) is 52.5 Å². The summed E-state index contributed by atoms with van der Waals surface area (Å²) in [7, 11) is 0. The average Bonchev–Trinajstić information content (AvgIpc) is 3.25. The molecule has 0 saturated carbocycles. The Bertz CT molecular complexity index is 1190. The second-order valence-corrected chi connectivity index (χ2v) is 9.79. The Hall–Kier alpha value is -2.71. The minimum Gasteiger partial charge on any atom is -0.492 e. The van der Waals surface area contributed by atoms with E-state index in [1.165, 1.54) is 0 Å². The van der Waals surface area contributed by atoms with Crippen LogP contribution in [0.15, 0.2) is 46.9 Å². The number of piperazine rings is 1. The Morgan fingerprint density at radius 2 is 1.82 bits per heavy atom. The summed E-state index contributed by atoms with van der Waals surface area (Å²) >= 11 is 0. The Morgan fingerprint density at radius 1 is 1.09 bits per heavy atom. The van der Waals surface area contributed by atoms with Crippen molar-refractivity contribution in [3.8, 4) is 5.75 Å². The second-order valence-electron chi connectivity index (χ2n) is 9.79. The van der Waals surface area contributed by atoms with Crippen molar-refractivity contribution in [3.63, 3.8) is 0 Å². The first-order chi connectivity index (χ1) is 16.4. The molecule has 1 saturated heterocycles. The van der Waals surface area contributed by atoms with Gasteiger partial charge in [-0.25, -0.2) is 0 Å². The molecule has 1 aromatic heterocycles. The van der Waals surface area contributed by atoms with Gasteiger partial charge in [-0.05, 0) is 43.7 Å². The summed E-state index contributed by atoms with van der Waals surface area (Å²) in [5, 5.41) is 19.5. The van der Waals surface area contributed by atoms with E-state index in [1.54, 1.807) is 0 Å². The predicted octanol–water partition coefficient (Wildman–Crippen LogP) is 2.65. The van der Waals surface area contributed by atoms with Crippen molar-refractivity contribution in [1.29, 1.82) is 0 Å². The van der Waals surface area contributed by atoms with Gasteiger partial charge in [-0.1, -0.05) is 18.2 Å². The van der Waals surface area contributed by atoms with E-state index in [0.29, 0.717) is 30.0 Å². The number of β-amino-alcohol motifs (C(OH)–C–C–N with tert-alkyl or cyclic N) is 1. The smallest absolute Gasteiger partial charge is 0.197 e. The zero-order valence-corrected chi connectivity index (χ0v) is 19.8. The lowest BCUT2D eigenvalue weighted by Crippen LogP contribution is -2.49. The van der Waals surface area contributed by atoms with Gasteiger partial charge in [-0.15, -0.1) is 0 Å². The van der Waals surface area contributed by atoms with E-state index >= 15 is 0 Å². The van der Waals surface area contributed by atoms with E-state index in [1.807, 2.05) is 42.5 Å². The van der Waals surface area contributed by atoms with Crippen molar-refractivity contribution < 1.29 is 24.2 Å². The normalized spacial score (nSPS) is 19.1. The molecule has 0 amide bonds. The second kappa shape index (κ2) is 9.15. The molecule has 2 aliphatic rings. The van der Waals surface area contributed by atoms with E-state index in [2.05, 4.69) is 23.6 Å². The molecule has 180 valence electrons. The van der Waals surface area contributed by atoms with Crippen LogP contribution in [0.3, 0.4) is 0 Å². The van der Waals surface area contributed by atoms with Crippen molar-refractivity contribution in [2.24, 2.45) is 0 Å². The third kappa shape index (κ3) is 4.14. The monoisotopic (exact) mass is 464 g/mol. The van der Waals surface area contributed by atoms with Crippen LogP contribution >= 0.6 is 0 Å².